The molecule has 14 heteroatoms. The first kappa shape index (κ1) is 24.9. The van der Waals surface area contributed by atoms with E-state index in [-0.39, 0.29) is 30.8 Å². The maximum Gasteiger partial charge on any atom is 0.408 e. The minimum atomic E-state index is -0.958. The first-order chi connectivity index (χ1) is 14.5. The third-order valence-corrected chi connectivity index (χ3v) is 5.19. The quantitative estimate of drug-likeness (QED) is 0.176. The van der Waals surface area contributed by atoms with Gasteiger partial charge in [-0.15, -0.1) is 21.9 Å². The third kappa shape index (κ3) is 8.03. The number of thioether (sulfide) groups is 1. The smallest absolute Gasteiger partial charge is 0.408 e. The van der Waals surface area contributed by atoms with E-state index in [1.807, 2.05) is 0 Å². The lowest BCUT2D eigenvalue weighted by molar-refractivity contribution is -0.769. The number of alkyl carbamates (subject to hydrolysis) is 1. The Morgan fingerprint density at radius 2 is 1.90 bits per heavy atom. The molecule has 0 aromatic carbocycles. The molecule has 31 heavy (non-hydrogen) atoms. The van der Waals surface area contributed by atoms with Crippen LogP contribution in [-0.2, 0) is 28.6 Å². The van der Waals surface area contributed by atoms with Gasteiger partial charge in [0.05, 0.1) is 25.1 Å². The van der Waals surface area contributed by atoms with E-state index in [4.69, 9.17) is 14.2 Å². The van der Waals surface area contributed by atoms with Crippen LogP contribution in [0, 0.1) is 10.1 Å². The standard InChI is InChI=1S/C17H28N4O9S/c1-9(22)18-8-31-7-11(20-16(24)29-17(2,3)4)15(23)19-10-5-27-14-12(30-21(25)26)6-28-13(10)14/h10-14H,5-8H2,1-4H3,(H,18,22)(H,19,23)(H,20,24)/t10-,11-,12-,13+,14+/m0/s1. The number of carbonyl (C=O) groups is 3. The number of nitrogens with zero attached hydrogens (tertiary/aromatic N) is 1. The molecule has 2 aliphatic rings. The maximum atomic E-state index is 12.8. The Hall–Kier alpha value is -2.32. The molecule has 2 saturated heterocycles. The van der Waals surface area contributed by atoms with E-state index < -0.39 is 53.1 Å². The Morgan fingerprint density at radius 3 is 2.52 bits per heavy atom. The number of hydrogen-bond acceptors (Lipinski definition) is 10. The van der Waals surface area contributed by atoms with E-state index in [0.29, 0.717) is 0 Å². The van der Waals surface area contributed by atoms with Crippen molar-refractivity contribution in [3.8, 4) is 0 Å². The molecule has 0 radical (unpaired) electrons. The molecule has 0 aliphatic carbocycles. The Bertz CT molecular complexity index is 687. The van der Waals surface area contributed by atoms with Crippen LogP contribution in [0.3, 0.4) is 0 Å². The molecule has 0 saturated carbocycles. The summed E-state index contributed by atoms with van der Waals surface area (Å²) in [5.74, 6) is -0.290. The van der Waals surface area contributed by atoms with Gasteiger partial charge in [-0.05, 0) is 20.8 Å². The number of rotatable bonds is 9. The zero-order valence-electron chi connectivity index (χ0n) is 17.7. The molecule has 0 aromatic rings. The van der Waals surface area contributed by atoms with Crippen molar-refractivity contribution >= 4 is 29.7 Å². The summed E-state index contributed by atoms with van der Waals surface area (Å²) in [4.78, 5) is 51.2. The van der Waals surface area contributed by atoms with Crippen molar-refractivity contribution in [3.05, 3.63) is 10.1 Å². The molecule has 0 unspecified atom stereocenters. The van der Waals surface area contributed by atoms with E-state index in [9.17, 15) is 24.5 Å². The van der Waals surface area contributed by atoms with Crippen LogP contribution in [0.4, 0.5) is 4.79 Å². The molecule has 3 amide bonds. The van der Waals surface area contributed by atoms with Crippen LogP contribution in [0.15, 0.2) is 0 Å². The highest BCUT2D eigenvalue weighted by Crippen LogP contribution is 2.29. The number of carbonyl (C=O) groups excluding carboxylic acids is 3. The first-order valence-corrected chi connectivity index (χ1v) is 10.8. The lowest BCUT2D eigenvalue weighted by atomic mass is 10.1. The molecule has 0 aromatic heterocycles. The SMILES string of the molecule is CC(=O)NCSC[C@H](NC(=O)OC(C)(C)C)C(=O)N[C@H]1CO[C@H]2[C@@H]1OC[C@@H]2O[N+](=O)[O-]. The van der Waals surface area contributed by atoms with Gasteiger partial charge in [-0.2, -0.15) is 0 Å². The second-order valence-corrected chi connectivity index (χ2v) is 9.06. The van der Waals surface area contributed by atoms with Crippen molar-refractivity contribution in [2.24, 2.45) is 0 Å². The lowest BCUT2D eigenvalue weighted by Gasteiger charge is -2.25. The molecule has 13 nitrogen and oxygen atoms in total. The maximum absolute atomic E-state index is 12.8. The zero-order valence-corrected chi connectivity index (χ0v) is 18.6. The van der Waals surface area contributed by atoms with Crippen molar-refractivity contribution in [2.75, 3.05) is 24.8 Å². The highest BCUT2D eigenvalue weighted by atomic mass is 32.2. The highest BCUT2D eigenvalue weighted by molar-refractivity contribution is 7.99. The molecular weight excluding hydrogens is 436 g/mol. The topological polar surface area (TPSA) is 167 Å². The van der Waals surface area contributed by atoms with Gasteiger partial charge in [-0.3, -0.25) is 9.59 Å². The third-order valence-electron chi connectivity index (χ3n) is 4.27. The van der Waals surface area contributed by atoms with Gasteiger partial charge in [0.1, 0.15) is 23.9 Å². The molecule has 5 atom stereocenters. The van der Waals surface area contributed by atoms with Gasteiger partial charge < -0.3 is 35.0 Å². The Labute approximate surface area is 183 Å². The van der Waals surface area contributed by atoms with E-state index in [1.54, 1.807) is 20.8 Å². The van der Waals surface area contributed by atoms with Gasteiger partial charge in [0.25, 0.3) is 5.09 Å². The summed E-state index contributed by atoms with van der Waals surface area (Å²) in [6.07, 6.45) is -2.92. The first-order valence-electron chi connectivity index (χ1n) is 9.62. The normalized spacial score (nSPS) is 25.8. The van der Waals surface area contributed by atoms with Crippen molar-refractivity contribution in [1.29, 1.82) is 0 Å². The second-order valence-electron chi connectivity index (χ2n) is 8.03. The van der Waals surface area contributed by atoms with Crippen molar-refractivity contribution in [2.45, 2.75) is 63.7 Å². The summed E-state index contributed by atoms with van der Waals surface area (Å²) >= 11 is 1.24. The van der Waals surface area contributed by atoms with Crippen molar-refractivity contribution in [3.63, 3.8) is 0 Å². The monoisotopic (exact) mass is 464 g/mol. The molecule has 2 fully saturated rings. The largest absolute Gasteiger partial charge is 0.444 e. The van der Waals surface area contributed by atoms with Gasteiger partial charge in [-0.25, -0.2) is 4.79 Å². The van der Waals surface area contributed by atoms with Gasteiger partial charge in [0.15, 0.2) is 6.10 Å². The van der Waals surface area contributed by atoms with Crippen molar-refractivity contribution in [1.82, 2.24) is 16.0 Å². The van der Waals surface area contributed by atoms with E-state index in [2.05, 4.69) is 20.8 Å². The Morgan fingerprint density at radius 1 is 1.23 bits per heavy atom. The molecular formula is C17H28N4O9S. The Kier molecular flexibility index (Phi) is 8.70. The van der Waals surface area contributed by atoms with Crippen LogP contribution in [0.1, 0.15) is 27.7 Å². The van der Waals surface area contributed by atoms with Gasteiger partial charge in [-0.1, -0.05) is 0 Å². The fourth-order valence-corrected chi connectivity index (χ4v) is 3.93. The van der Waals surface area contributed by atoms with Crippen molar-refractivity contribution < 1.29 is 38.5 Å². The van der Waals surface area contributed by atoms with Crippen LogP contribution < -0.4 is 16.0 Å². The number of amides is 3. The minimum absolute atomic E-state index is 0.0329. The molecule has 2 heterocycles. The van der Waals surface area contributed by atoms with Crippen LogP contribution in [-0.4, -0.2) is 83.8 Å². The number of hydrogen-bond donors (Lipinski definition) is 3. The lowest BCUT2D eigenvalue weighted by Crippen LogP contribution is -2.54. The van der Waals surface area contributed by atoms with E-state index >= 15 is 0 Å². The fraction of sp³-hybridized carbons (Fsp3) is 0.824. The van der Waals surface area contributed by atoms with Crippen LogP contribution in [0.5, 0.6) is 0 Å². The highest BCUT2D eigenvalue weighted by Gasteiger charge is 2.50. The van der Waals surface area contributed by atoms with E-state index in [0.717, 1.165) is 0 Å². The summed E-state index contributed by atoms with van der Waals surface area (Å²) in [7, 11) is 0. The summed E-state index contributed by atoms with van der Waals surface area (Å²) in [6.45, 7) is 6.52. The summed E-state index contributed by atoms with van der Waals surface area (Å²) in [5.41, 5.74) is -0.745. The summed E-state index contributed by atoms with van der Waals surface area (Å²) in [5, 5.41) is 17.6. The van der Waals surface area contributed by atoms with Gasteiger partial charge in [0, 0.05) is 12.7 Å². The Balaban J connectivity index is 1.95. The average Bonchev–Trinajstić information content (AvgIpc) is 3.19. The number of nitrogens with one attached hydrogen (secondary N) is 3. The fourth-order valence-electron chi connectivity index (χ4n) is 3.03. The second kappa shape index (κ2) is 10.8. The van der Waals surface area contributed by atoms with Crippen LogP contribution >= 0.6 is 11.8 Å². The van der Waals surface area contributed by atoms with E-state index in [1.165, 1.54) is 18.7 Å². The molecule has 2 aliphatic heterocycles. The molecule has 0 bridgehead atoms. The van der Waals surface area contributed by atoms with Gasteiger partial charge in [0.2, 0.25) is 11.8 Å². The number of ether oxygens (including phenoxy) is 3. The van der Waals surface area contributed by atoms with Crippen LogP contribution in [0.2, 0.25) is 0 Å². The number of fused-ring (bicyclic) bond motifs is 1. The molecule has 0 spiro atoms. The van der Waals surface area contributed by atoms with Gasteiger partial charge >= 0.3 is 6.09 Å². The predicted molar refractivity (Wildman–Crippen MR) is 108 cm³/mol. The zero-order chi connectivity index (χ0) is 23.2. The summed E-state index contributed by atoms with van der Waals surface area (Å²) < 4.78 is 16.3. The predicted octanol–water partition coefficient (Wildman–Crippen LogP) is -0.434. The average molecular weight is 464 g/mol. The molecule has 3 N–H and O–H groups in total. The van der Waals surface area contributed by atoms with Crippen LogP contribution in [0.25, 0.3) is 0 Å². The minimum Gasteiger partial charge on any atom is -0.444 e. The summed E-state index contributed by atoms with van der Waals surface area (Å²) in [6, 6.07) is -1.53. The molecule has 176 valence electrons. The molecule has 2 rings (SSSR count).